The second-order valence-corrected chi connectivity index (χ2v) is 5.83. The summed E-state index contributed by atoms with van der Waals surface area (Å²) in [6, 6.07) is 10.3. The van der Waals surface area contributed by atoms with Gasteiger partial charge in [-0.2, -0.15) is 0 Å². The number of fused-ring (bicyclic) bond motifs is 2. The van der Waals surface area contributed by atoms with Crippen molar-refractivity contribution in [1.29, 1.82) is 0 Å². The van der Waals surface area contributed by atoms with E-state index in [4.69, 9.17) is 0 Å². The molecule has 3 heterocycles. The number of benzene rings is 1. The van der Waals surface area contributed by atoms with Crippen LogP contribution in [0.2, 0.25) is 0 Å². The predicted octanol–water partition coefficient (Wildman–Crippen LogP) is 3.63. The van der Waals surface area contributed by atoms with Crippen LogP contribution in [0.3, 0.4) is 0 Å². The Balaban J connectivity index is 1.71. The Labute approximate surface area is 129 Å². The molecule has 4 aromatic rings. The van der Waals surface area contributed by atoms with Crippen LogP contribution in [0.25, 0.3) is 16.7 Å². The number of pyridine rings is 1. The zero-order valence-electron chi connectivity index (χ0n) is 11.1. The molecule has 0 aliphatic rings. The van der Waals surface area contributed by atoms with Gasteiger partial charge in [-0.1, -0.05) is 12.1 Å². The average molecular weight is 339 g/mol. The molecule has 0 N–H and O–H groups in total. The summed E-state index contributed by atoms with van der Waals surface area (Å²) in [6.45, 7) is 0. The van der Waals surface area contributed by atoms with Gasteiger partial charge in [-0.3, -0.25) is 9.38 Å². The normalized spacial score (nSPS) is 11.3. The van der Waals surface area contributed by atoms with Crippen LogP contribution >= 0.6 is 15.9 Å². The van der Waals surface area contributed by atoms with Crippen LogP contribution in [0, 0.1) is 0 Å². The molecule has 0 fully saturated rings. The third kappa shape index (κ3) is 2.40. The van der Waals surface area contributed by atoms with Crippen LogP contribution in [0.15, 0.2) is 59.6 Å². The second kappa shape index (κ2) is 4.93. The third-order valence-electron chi connectivity index (χ3n) is 3.38. The van der Waals surface area contributed by atoms with Gasteiger partial charge in [-0.15, -0.1) is 0 Å². The van der Waals surface area contributed by atoms with Gasteiger partial charge in [-0.05, 0) is 39.7 Å². The molecule has 21 heavy (non-hydrogen) atoms. The third-order valence-corrected chi connectivity index (χ3v) is 3.79. The summed E-state index contributed by atoms with van der Waals surface area (Å²) < 4.78 is 2.87. The van der Waals surface area contributed by atoms with Gasteiger partial charge in [0.05, 0.1) is 15.7 Å². The molecule has 0 spiro atoms. The quantitative estimate of drug-likeness (QED) is 0.560. The Bertz CT molecular complexity index is 945. The van der Waals surface area contributed by atoms with Gasteiger partial charge in [-0.25, -0.2) is 9.97 Å². The van der Waals surface area contributed by atoms with E-state index in [1.165, 1.54) is 5.56 Å². The molecule has 0 amide bonds. The zero-order valence-corrected chi connectivity index (χ0v) is 12.7. The van der Waals surface area contributed by atoms with Crippen molar-refractivity contribution in [1.82, 2.24) is 19.4 Å². The van der Waals surface area contributed by atoms with Crippen LogP contribution in [0.1, 0.15) is 11.3 Å². The van der Waals surface area contributed by atoms with Gasteiger partial charge < -0.3 is 0 Å². The van der Waals surface area contributed by atoms with Gasteiger partial charge in [0.15, 0.2) is 0 Å². The smallest absolute Gasteiger partial charge is 0.233 e. The molecule has 0 atom stereocenters. The molecule has 4 rings (SSSR count). The van der Waals surface area contributed by atoms with Crippen molar-refractivity contribution in [3.8, 4) is 0 Å². The maximum Gasteiger partial charge on any atom is 0.233 e. The Hall–Kier alpha value is -2.27. The van der Waals surface area contributed by atoms with Crippen molar-refractivity contribution in [3.05, 3.63) is 70.8 Å². The first kappa shape index (κ1) is 12.5. The molecule has 0 aliphatic carbocycles. The molecule has 3 aromatic heterocycles. The molecule has 5 heteroatoms. The minimum absolute atomic E-state index is 0.718. The minimum Gasteiger partial charge on any atom is -0.290 e. The van der Waals surface area contributed by atoms with Gasteiger partial charge in [0.25, 0.3) is 0 Å². The molecule has 0 saturated carbocycles. The Morgan fingerprint density at radius 2 is 2.05 bits per heavy atom. The van der Waals surface area contributed by atoms with Gasteiger partial charge in [0, 0.05) is 36.6 Å². The predicted molar refractivity (Wildman–Crippen MR) is 85.2 cm³/mol. The van der Waals surface area contributed by atoms with E-state index in [0.717, 1.165) is 33.3 Å². The molecular formula is C16H11BrN4. The van der Waals surface area contributed by atoms with E-state index in [9.17, 15) is 0 Å². The van der Waals surface area contributed by atoms with Crippen LogP contribution in [0.5, 0.6) is 0 Å². The molecule has 4 nitrogen and oxygen atoms in total. The standard InChI is InChI=1S/C16H11BrN4/c17-13-8-19-16-20-14(10-21(16)9-13)7-11-3-4-15-12(6-11)2-1-5-18-15/h1-6,8-10H,7H2. The molecule has 0 saturated heterocycles. The zero-order chi connectivity index (χ0) is 14.2. The molecule has 0 aliphatic heterocycles. The number of halogens is 1. The molecule has 102 valence electrons. The van der Waals surface area contributed by atoms with Crippen LogP contribution in [-0.4, -0.2) is 19.4 Å². The van der Waals surface area contributed by atoms with E-state index in [1.54, 1.807) is 6.20 Å². The summed E-state index contributed by atoms with van der Waals surface area (Å²) in [5.41, 5.74) is 3.24. The number of aromatic nitrogens is 4. The number of hydrogen-bond donors (Lipinski definition) is 0. The van der Waals surface area contributed by atoms with E-state index in [1.807, 2.05) is 29.1 Å². The fraction of sp³-hybridized carbons (Fsp3) is 0.0625. The van der Waals surface area contributed by atoms with Crippen molar-refractivity contribution >= 4 is 32.6 Å². The molecule has 1 aromatic carbocycles. The monoisotopic (exact) mass is 338 g/mol. The van der Waals surface area contributed by atoms with E-state index in [-0.39, 0.29) is 0 Å². The fourth-order valence-corrected chi connectivity index (χ4v) is 2.76. The fourth-order valence-electron chi connectivity index (χ4n) is 2.44. The lowest BCUT2D eigenvalue weighted by Gasteiger charge is -2.01. The minimum atomic E-state index is 0.718. The SMILES string of the molecule is Brc1cnc2nc(Cc3ccc4ncccc4c3)cn2c1. The number of nitrogens with zero attached hydrogens (tertiary/aromatic N) is 4. The Morgan fingerprint density at radius 1 is 1.10 bits per heavy atom. The van der Waals surface area contributed by atoms with Crippen molar-refractivity contribution in [2.45, 2.75) is 6.42 Å². The summed E-state index contributed by atoms with van der Waals surface area (Å²) in [7, 11) is 0. The first-order valence-electron chi connectivity index (χ1n) is 6.61. The Kier molecular flexibility index (Phi) is 2.93. The lowest BCUT2D eigenvalue weighted by atomic mass is 10.1. The highest BCUT2D eigenvalue weighted by atomic mass is 79.9. The van der Waals surface area contributed by atoms with Crippen LogP contribution in [0.4, 0.5) is 0 Å². The van der Waals surface area contributed by atoms with Crippen molar-refractivity contribution < 1.29 is 0 Å². The number of hydrogen-bond acceptors (Lipinski definition) is 3. The lowest BCUT2D eigenvalue weighted by molar-refractivity contribution is 1.10. The van der Waals surface area contributed by atoms with Crippen molar-refractivity contribution in [3.63, 3.8) is 0 Å². The summed E-state index contributed by atoms with van der Waals surface area (Å²) >= 11 is 3.42. The first-order valence-corrected chi connectivity index (χ1v) is 7.40. The van der Waals surface area contributed by atoms with Gasteiger partial charge in [0.1, 0.15) is 0 Å². The van der Waals surface area contributed by atoms with Crippen molar-refractivity contribution in [2.24, 2.45) is 0 Å². The van der Waals surface area contributed by atoms with Gasteiger partial charge in [0.2, 0.25) is 5.78 Å². The summed E-state index contributed by atoms with van der Waals surface area (Å²) in [4.78, 5) is 13.2. The molecular weight excluding hydrogens is 328 g/mol. The summed E-state index contributed by atoms with van der Waals surface area (Å²) in [6.07, 6.45) is 8.33. The molecule has 0 radical (unpaired) electrons. The van der Waals surface area contributed by atoms with Crippen LogP contribution in [-0.2, 0) is 6.42 Å². The summed E-state index contributed by atoms with van der Waals surface area (Å²) in [5, 5.41) is 1.15. The highest BCUT2D eigenvalue weighted by Gasteiger charge is 2.05. The lowest BCUT2D eigenvalue weighted by Crippen LogP contribution is -1.89. The highest BCUT2D eigenvalue weighted by Crippen LogP contribution is 2.17. The number of imidazole rings is 1. The largest absolute Gasteiger partial charge is 0.290 e. The van der Waals surface area contributed by atoms with E-state index in [2.05, 4.69) is 55.1 Å². The Morgan fingerprint density at radius 3 is 3.00 bits per heavy atom. The summed E-state index contributed by atoms with van der Waals surface area (Å²) in [5.74, 6) is 0.718. The average Bonchev–Trinajstić information content (AvgIpc) is 2.88. The van der Waals surface area contributed by atoms with Crippen molar-refractivity contribution in [2.75, 3.05) is 0 Å². The van der Waals surface area contributed by atoms with Crippen LogP contribution < -0.4 is 0 Å². The topological polar surface area (TPSA) is 43.1 Å². The maximum atomic E-state index is 4.54. The second-order valence-electron chi connectivity index (χ2n) is 4.92. The highest BCUT2D eigenvalue weighted by molar-refractivity contribution is 9.10. The molecule has 0 bridgehead atoms. The number of rotatable bonds is 2. The molecule has 0 unspecified atom stereocenters. The van der Waals surface area contributed by atoms with E-state index in [0.29, 0.717) is 0 Å². The van der Waals surface area contributed by atoms with E-state index < -0.39 is 0 Å². The first-order chi connectivity index (χ1) is 10.3. The van der Waals surface area contributed by atoms with E-state index >= 15 is 0 Å². The maximum absolute atomic E-state index is 4.54. The van der Waals surface area contributed by atoms with Gasteiger partial charge >= 0.3 is 0 Å².